The van der Waals surface area contributed by atoms with Crippen molar-refractivity contribution in [2.24, 2.45) is 0 Å². The highest BCUT2D eigenvalue weighted by molar-refractivity contribution is 5.92. The second-order valence-corrected chi connectivity index (χ2v) is 35.6. The predicted molar refractivity (Wildman–Crippen MR) is 577 cm³/mol. The number of hydrogen-bond acceptors (Lipinski definition) is 8. The molecular formula is C128H122O8. The van der Waals surface area contributed by atoms with Crippen molar-refractivity contribution < 1.29 is 17.7 Å². The van der Waals surface area contributed by atoms with Crippen molar-refractivity contribution >= 4 is 54.6 Å². The zero-order valence-corrected chi connectivity index (χ0v) is 82.6. The van der Waals surface area contributed by atoms with Crippen LogP contribution in [0.4, 0.5) is 0 Å². The van der Waals surface area contributed by atoms with Gasteiger partial charge in [0.25, 0.3) is 0 Å². The molecule has 0 fully saturated rings. The van der Waals surface area contributed by atoms with Gasteiger partial charge in [-0.2, -0.15) is 0 Å². The van der Waals surface area contributed by atoms with Gasteiger partial charge in [0.15, 0.2) is 0 Å². The lowest BCUT2D eigenvalue weighted by atomic mass is 9.92. The van der Waals surface area contributed by atoms with E-state index in [4.69, 9.17) is 17.7 Å². The minimum Gasteiger partial charge on any atom is -0.422 e. The maximum absolute atomic E-state index is 12.5. The highest BCUT2D eigenvalue weighted by Gasteiger charge is 2.17. The Morgan fingerprint density at radius 1 is 0.154 bits per heavy atom. The highest BCUT2D eigenvalue weighted by Crippen LogP contribution is 2.37. The fraction of sp³-hybridized carbons (Fsp3) is 0.172. The number of benzene rings is 16. The molecule has 20 aromatic rings. The summed E-state index contributed by atoms with van der Waals surface area (Å²) >= 11 is 0. The molecule has 0 aliphatic carbocycles. The van der Waals surface area contributed by atoms with Crippen molar-refractivity contribution in [1.82, 2.24) is 0 Å². The predicted octanol–water partition coefficient (Wildman–Crippen LogP) is 34.3. The van der Waals surface area contributed by atoms with E-state index < -0.39 is 0 Å². The van der Waals surface area contributed by atoms with Gasteiger partial charge in [-0.1, -0.05) is 344 Å². The second-order valence-electron chi connectivity index (χ2n) is 35.6. The van der Waals surface area contributed by atoms with E-state index in [1.165, 1.54) is 128 Å². The summed E-state index contributed by atoms with van der Waals surface area (Å²) in [6, 6.07) is 117. The Labute approximate surface area is 801 Å². The van der Waals surface area contributed by atoms with E-state index in [0.717, 1.165) is 82.6 Å². The van der Waals surface area contributed by atoms with Gasteiger partial charge in [0, 0.05) is 21.5 Å². The molecule has 0 saturated heterocycles. The molecule has 0 spiro atoms. The highest BCUT2D eigenvalue weighted by atomic mass is 16.4. The van der Waals surface area contributed by atoms with Crippen LogP contribution in [0.15, 0.2) is 377 Å². The van der Waals surface area contributed by atoms with Gasteiger partial charge in [-0.15, -0.1) is 0 Å². The van der Waals surface area contributed by atoms with Crippen molar-refractivity contribution in [3.8, 4) is 100 Å². The van der Waals surface area contributed by atoms with Crippen LogP contribution in [-0.4, -0.2) is 0 Å². The summed E-state index contributed by atoms with van der Waals surface area (Å²) in [4.78, 5) is 49.0. The van der Waals surface area contributed by atoms with E-state index in [9.17, 15) is 19.2 Å². The fourth-order valence-electron chi connectivity index (χ4n) is 16.5. The first-order valence-corrected chi connectivity index (χ1v) is 46.9. The molecule has 4 heterocycles. The second kappa shape index (κ2) is 44.4. The average molecular weight is 1790 g/mol. The number of hydrogen-bond donors (Lipinski definition) is 0. The minimum absolute atomic E-state index is 0.282. The Balaban J connectivity index is 0.000000137. The summed E-state index contributed by atoms with van der Waals surface area (Å²) in [6.07, 6.45) is 0. The van der Waals surface area contributed by atoms with Gasteiger partial charge in [-0.25, -0.2) is 19.2 Å². The Kier molecular flexibility index (Phi) is 32.1. The lowest BCUT2D eigenvalue weighted by Gasteiger charge is -2.12. The summed E-state index contributed by atoms with van der Waals surface area (Å²) in [7, 11) is 0. The van der Waals surface area contributed by atoms with Crippen LogP contribution in [-0.2, 0) is 0 Å². The molecule has 0 unspecified atom stereocenters. The minimum atomic E-state index is -0.294. The number of fused-ring (bicyclic) bond motifs is 5. The third-order valence-corrected chi connectivity index (χ3v) is 24.5. The van der Waals surface area contributed by atoms with E-state index >= 15 is 0 Å². The number of aryl methyl sites for hydroxylation is 18. The van der Waals surface area contributed by atoms with Gasteiger partial charge in [-0.3, -0.25) is 0 Å². The van der Waals surface area contributed by atoms with Crippen LogP contribution in [0.5, 0.6) is 0 Å². The standard InChI is InChI=1S/C27H24.C22H18O2.C21H20.3C18H16O2.2C2H6/c1-19-4-10-22(11-5-19)25-16-26(23-12-6-20(2)7-13-23)18-27(17-25)24-14-8-21(3)9-15-24;1-13-4-5-17-11-18(7-6-16(17)8-13)20-12-19-9-14(2)15(3)10-21(19)24-22(20)23;1-15-4-8-18(9-5-15)20-12-17(3)13-21(14-20)19-10-6-16(2)7-11-19;1-11-4-7-14(8-5-11)16-10-15-9-6-12(2)13(3)17(15)20-18(16)19;1-11-4-6-14(7-5-11)16-10-15-13(3)8-12(2)9-17(15)20-18(16)19;1-11-4-6-14(7-5-11)16-10-15-9-12(2)8-13(3)17(15)20-18(16)19;2*1-2/h4-18H,1-3H3;4-12H,1-3H3;4-14H,1-3H3;3*4-10H,1-3H3;2*1-2H3. The molecule has 0 saturated carbocycles. The third-order valence-electron chi connectivity index (χ3n) is 24.5. The van der Waals surface area contributed by atoms with Crippen molar-refractivity contribution in [1.29, 1.82) is 0 Å². The molecule has 136 heavy (non-hydrogen) atoms. The summed E-state index contributed by atoms with van der Waals surface area (Å²) in [5.74, 6) is 0. The molecule has 0 bridgehead atoms. The molecule has 16 aromatic carbocycles. The molecule has 0 aliphatic heterocycles. The van der Waals surface area contributed by atoms with Gasteiger partial charge in [0.05, 0.1) is 22.3 Å². The molecule has 0 N–H and O–H groups in total. The maximum atomic E-state index is 12.5. The van der Waals surface area contributed by atoms with Crippen LogP contribution in [0, 0.1) is 125 Å². The fourth-order valence-corrected chi connectivity index (χ4v) is 16.5. The quantitative estimate of drug-likeness (QED) is 0.131. The van der Waals surface area contributed by atoms with E-state index in [1.54, 1.807) is 0 Å². The monoisotopic (exact) mass is 1790 g/mol. The Morgan fingerprint density at radius 3 is 0.868 bits per heavy atom. The van der Waals surface area contributed by atoms with Crippen molar-refractivity contribution in [2.45, 2.75) is 152 Å². The zero-order valence-electron chi connectivity index (χ0n) is 82.6. The first kappa shape index (κ1) is 98.1. The summed E-state index contributed by atoms with van der Waals surface area (Å²) in [5, 5.41) is 6.18. The molecular weight excluding hydrogens is 1670 g/mol. The van der Waals surface area contributed by atoms with Crippen LogP contribution in [0.2, 0.25) is 0 Å². The topological polar surface area (TPSA) is 121 Å². The van der Waals surface area contributed by atoms with Crippen LogP contribution in [0.25, 0.3) is 155 Å². The Morgan fingerprint density at radius 2 is 0.441 bits per heavy atom. The molecule has 4 aromatic heterocycles. The van der Waals surface area contributed by atoms with E-state index in [-0.39, 0.29) is 22.5 Å². The molecule has 8 heteroatoms. The van der Waals surface area contributed by atoms with Gasteiger partial charge >= 0.3 is 22.5 Å². The summed E-state index contributed by atoms with van der Waals surface area (Å²) < 4.78 is 22.1. The van der Waals surface area contributed by atoms with Crippen molar-refractivity contribution in [3.05, 3.63) is 482 Å². The molecule has 682 valence electrons. The molecule has 0 aliphatic rings. The SMILES string of the molecule is CC.CC.Cc1ccc(-c2cc(-c3ccc(C)cc3)cc(-c3ccc(C)cc3)c2)cc1.Cc1ccc(-c2cc(C)cc(-c3ccc(C)cc3)c2)cc1.Cc1ccc(-c2cc3c(C)cc(C)cc3oc2=O)cc1.Cc1ccc(-c2cc3cc(C)cc(C)c3oc2=O)cc1.Cc1ccc(-c2cc3ccc(C)c(C)c3oc2=O)cc1.Cc1ccc2cc(-c3cc4cc(C)c(C)cc4oc3=O)ccc2c1. The normalized spacial score (nSPS) is 10.7. The first-order chi connectivity index (χ1) is 65.3. The van der Waals surface area contributed by atoms with Crippen LogP contribution >= 0.6 is 0 Å². The van der Waals surface area contributed by atoms with E-state index in [2.05, 4.69) is 256 Å². The molecule has 0 amide bonds. The lowest BCUT2D eigenvalue weighted by Crippen LogP contribution is -2.03. The Hall–Kier alpha value is -15.4. The van der Waals surface area contributed by atoms with Crippen molar-refractivity contribution in [2.75, 3.05) is 0 Å². The maximum Gasteiger partial charge on any atom is 0.344 e. The Bertz CT molecular complexity index is 7680. The van der Waals surface area contributed by atoms with Crippen LogP contribution < -0.4 is 22.5 Å². The lowest BCUT2D eigenvalue weighted by molar-refractivity contribution is 0.560. The first-order valence-electron chi connectivity index (χ1n) is 46.9. The summed E-state index contributed by atoms with van der Waals surface area (Å²) in [5.41, 5.74) is 41.5. The molecule has 0 atom stereocenters. The largest absolute Gasteiger partial charge is 0.422 e. The van der Waals surface area contributed by atoms with E-state index in [1.807, 2.05) is 236 Å². The molecule has 0 radical (unpaired) electrons. The zero-order chi connectivity index (χ0) is 97.3. The molecule has 8 nitrogen and oxygen atoms in total. The molecule has 20 rings (SSSR count). The third kappa shape index (κ3) is 24.3. The summed E-state index contributed by atoms with van der Waals surface area (Å²) in [6.45, 7) is 45.1. The van der Waals surface area contributed by atoms with E-state index in [0.29, 0.717) is 44.6 Å². The van der Waals surface area contributed by atoms with Gasteiger partial charge < -0.3 is 17.7 Å². The van der Waals surface area contributed by atoms with Crippen LogP contribution in [0.1, 0.15) is 128 Å². The van der Waals surface area contributed by atoms with Crippen molar-refractivity contribution in [3.63, 3.8) is 0 Å². The van der Waals surface area contributed by atoms with Gasteiger partial charge in [0.2, 0.25) is 0 Å². The van der Waals surface area contributed by atoms with Gasteiger partial charge in [-0.05, 0) is 337 Å². The number of rotatable bonds is 9. The van der Waals surface area contributed by atoms with Gasteiger partial charge in [0.1, 0.15) is 22.3 Å². The smallest absolute Gasteiger partial charge is 0.344 e. The van der Waals surface area contributed by atoms with Crippen LogP contribution in [0.3, 0.4) is 0 Å². The average Bonchev–Trinajstić information content (AvgIpc) is 0.791.